The molecule has 1 aromatic carbocycles. The Morgan fingerprint density at radius 3 is 2.65 bits per heavy atom. The van der Waals surface area contributed by atoms with E-state index in [-0.39, 0.29) is 0 Å². The van der Waals surface area contributed by atoms with E-state index in [1.165, 1.54) is 5.56 Å². The van der Waals surface area contributed by atoms with Gasteiger partial charge in [0.15, 0.2) is 0 Å². The Morgan fingerprint density at radius 1 is 1.20 bits per heavy atom. The van der Waals surface area contributed by atoms with Gasteiger partial charge in [0.25, 0.3) is 0 Å². The third-order valence-electron chi connectivity index (χ3n) is 3.20. The molecule has 0 spiro atoms. The molecule has 102 valence electrons. The zero-order valence-electron chi connectivity index (χ0n) is 11.3. The third kappa shape index (κ3) is 2.41. The molecule has 0 fully saturated rings. The first-order valence-electron chi connectivity index (χ1n) is 6.30. The zero-order valence-corrected chi connectivity index (χ0v) is 12.9. The predicted molar refractivity (Wildman–Crippen MR) is 82.1 cm³/mol. The number of nitrogens with one attached hydrogen (secondary N) is 1. The molecule has 2 aromatic heterocycles. The maximum atomic E-state index is 5.18. The SMILES string of the molecule is COc1ccc(Cc2nc(C)nc3[nH]cc(Br)c23)cc1. The van der Waals surface area contributed by atoms with Crippen LogP contribution in [0.15, 0.2) is 34.9 Å². The summed E-state index contributed by atoms with van der Waals surface area (Å²) < 4.78 is 6.17. The van der Waals surface area contributed by atoms with Crippen LogP contribution in [0.1, 0.15) is 17.1 Å². The molecule has 0 aliphatic rings. The van der Waals surface area contributed by atoms with Gasteiger partial charge in [-0.15, -0.1) is 0 Å². The van der Waals surface area contributed by atoms with E-state index in [2.05, 4.69) is 43.0 Å². The standard InChI is InChI=1S/C15H14BrN3O/c1-9-18-13(14-12(16)8-17-15(14)19-9)7-10-3-5-11(20-2)6-4-10/h3-6,8H,7H2,1-2H3,(H,17,18,19). The van der Waals surface area contributed by atoms with Crippen molar-refractivity contribution < 1.29 is 4.74 Å². The number of aromatic amines is 1. The number of hydrogen-bond acceptors (Lipinski definition) is 3. The maximum Gasteiger partial charge on any atom is 0.142 e. The average molecular weight is 332 g/mol. The Labute approximate surface area is 125 Å². The summed E-state index contributed by atoms with van der Waals surface area (Å²) in [5, 5.41) is 1.05. The summed E-state index contributed by atoms with van der Waals surface area (Å²) in [5.74, 6) is 1.64. The fourth-order valence-corrected chi connectivity index (χ4v) is 2.79. The number of aryl methyl sites for hydroxylation is 1. The van der Waals surface area contributed by atoms with E-state index in [1.807, 2.05) is 25.3 Å². The first kappa shape index (κ1) is 13.1. The highest BCUT2D eigenvalue weighted by Gasteiger charge is 2.11. The van der Waals surface area contributed by atoms with Gasteiger partial charge in [-0.25, -0.2) is 9.97 Å². The number of H-pyrrole nitrogens is 1. The van der Waals surface area contributed by atoms with E-state index in [4.69, 9.17) is 4.74 Å². The molecule has 3 aromatic rings. The summed E-state index contributed by atoms with van der Waals surface area (Å²) in [6.45, 7) is 1.91. The summed E-state index contributed by atoms with van der Waals surface area (Å²) >= 11 is 3.55. The lowest BCUT2D eigenvalue weighted by Gasteiger charge is -2.06. The van der Waals surface area contributed by atoms with Crippen LogP contribution in [-0.4, -0.2) is 22.1 Å². The fourth-order valence-electron chi connectivity index (χ4n) is 2.25. The number of fused-ring (bicyclic) bond motifs is 1. The van der Waals surface area contributed by atoms with Crippen molar-refractivity contribution in [2.45, 2.75) is 13.3 Å². The number of nitrogens with zero attached hydrogens (tertiary/aromatic N) is 2. The largest absolute Gasteiger partial charge is 0.497 e. The molecule has 0 saturated heterocycles. The van der Waals surface area contributed by atoms with Crippen molar-refractivity contribution in [3.8, 4) is 5.75 Å². The predicted octanol–water partition coefficient (Wildman–Crippen LogP) is 3.63. The number of ether oxygens (including phenoxy) is 1. The summed E-state index contributed by atoms with van der Waals surface area (Å²) in [7, 11) is 1.67. The van der Waals surface area contributed by atoms with Crippen LogP contribution < -0.4 is 4.74 Å². The Hall–Kier alpha value is -1.88. The Morgan fingerprint density at radius 2 is 1.95 bits per heavy atom. The van der Waals surface area contributed by atoms with Gasteiger partial charge in [-0.3, -0.25) is 0 Å². The molecule has 0 amide bonds. The van der Waals surface area contributed by atoms with Gasteiger partial charge in [-0.05, 0) is 40.5 Å². The van der Waals surface area contributed by atoms with E-state index >= 15 is 0 Å². The molecular weight excluding hydrogens is 318 g/mol. The van der Waals surface area contributed by atoms with Gasteiger partial charge in [0, 0.05) is 17.1 Å². The first-order valence-corrected chi connectivity index (χ1v) is 7.09. The van der Waals surface area contributed by atoms with Gasteiger partial charge >= 0.3 is 0 Å². The molecular formula is C15H14BrN3O. The number of benzene rings is 1. The smallest absolute Gasteiger partial charge is 0.142 e. The van der Waals surface area contributed by atoms with Gasteiger partial charge in [-0.2, -0.15) is 0 Å². The lowest BCUT2D eigenvalue weighted by atomic mass is 10.1. The van der Waals surface area contributed by atoms with Crippen LogP contribution in [0.25, 0.3) is 11.0 Å². The Kier molecular flexibility index (Phi) is 3.44. The zero-order chi connectivity index (χ0) is 14.1. The lowest BCUT2D eigenvalue weighted by molar-refractivity contribution is 0.414. The van der Waals surface area contributed by atoms with Crippen LogP contribution in [0.3, 0.4) is 0 Å². The minimum Gasteiger partial charge on any atom is -0.497 e. The molecule has 2 heterocycles. The molecule has 1 N–H and O–H groups in total. The molecule has 0 aliphatic heterocycles. The second kappa shape index (κ2) is 5.25. The van der Waals surface area contributed by atoms with Gasteiger partial charge in [-0.1, -0.05) is 12.1 Å². The molecule has 3 rings (SSSR count). The van der Waals surface area contributed by atoms with Crippen LogP contribution in [0.5, 0.6) is 5.75 Å². The fraction of sp³-hybridized carbons (Fsp3) is 0.200. The van der Waals surface area contributed by atoms with E-state index < -0.39 is 0 Å². The van der Waals surface area contributed by atoms with Crippen molar-refractivity contribution >= 4 is 27.0 Å². The van der Waals surface area contributed by atoms with E-state index in [1.54, 1.807) is 7.11 Å². The lowest BCUT2D eigenvalue weighted by Crippen LogP contribution is -1.98. The minimum absolute atomic E-state index is 0.764. The maximum absolute atomic E-state index is 5.18. The highest BCUT2D eigenvalue weighted by atomic mass is 79.9. The minimum atomic E-state index is 0.764. The highest BCUT2D eigenvalue weighted by Crippen LogP contribution is 2.26. The number of aromatic nitrogens is 3. The van der Waals surface area contributed by atoms with Gasteiger partial charge in [0.2, 0.25) is 0 Å². The monoisotopic (exact) mass is 331 g/mol. The van der Waals surface area contributed by atoms with Crippen LogP contribution in [0.4, 0.5) is 0 Å². The van der Waals surface area contributed by atoms with Crippen LogP contribution in [-0.2, 0) is 6.42 Å². The van der Waals surface area contributed by atoms with Crippen molar-refractivity contribution in [1.29, 1.82) is 0 Å². The average Bonchev–Trinajstić information content (AvgIpc) is 2.81. The molecule has 0 bridgehead atoms. The van der Waals surface area contributed by atoms with E-state index in [9.17, 15) is 0 Å². The Bertz CT molecular complexity index is 750. The van der Waals surface area contributed by atoms with Crippen molar-refractivity contribution in [3.63, 3.8) is 0 Å². The Balaban J connectivity index is 2.02. The van der Waals surface area contributed by atoms with E-state index in [0.717, 1.165) is 39.2 Å². The van der Waals surface area contributed by atoms with Crippen LogP contribution in [0, 0.1) is 6.92 Å². The molecule has 4 nitrogen and oxygen atoms in total. The van der Waals surface area contributed by atoms with Crippen molar-refractivity contribution in [3.05, 3.63) is 52.0 Å². The third-order valence-corrected chi connectivity index (χ3v) is 3.83. The molecule has 0 radical (unpaired) electrons. The second-order valence-electron chi connectivity index (χ2n) is 4.60. The van der Waals surface area contributed by atoms with Crippen LogP contribution in [0.2, 0.25) is 0 Å². The highest BCUT2D eigenvalue weighted by molar-refractivity contribution is 9.10. The number of rotatable bonds is 3. The number of hydrogen-bond donors (Lipinski definition) is 1. The quantitative estimate of drug-likeness (QED) is 0.797. The number of halogens is 1. The van der Waals surface area contributed by atoms with E-state index in [0.29, 0.717) is 0 Å². The molecule has 0 aliphatic carbocycles. The molecule has 0 unspecified atom stereocenters. The van der Waals surface area contributed by atoms with Crippen molar-refractivity contribution in [2.24, 2.45) is 0 Å². The molecule has 0 saturated carbocycles. The van der Waals surface area contributed by atoms with Gasteiger partial charge in [0.1, 0.15) is 17.2 Å². The van der Waals surface area contributed by atoms with Crippen LogP contribution >= 0.6 is 15.9 Å². The van der Waals surface area contributed by atoms with Gasteiger partial charge < -0.3 is 9.72 Å². The van der Waals surface area contributed by atoms with Crippen molar-refractivity contribution in [2.75, 3.05) is 7.11 Å². The summed E-state index contributed by atoms with van der Waals surface area (Å²) in [6.07, 6.45) is 2.66. The topological polar surface area (TPSA) is 50.8 Å². The summed E-state index contributed by atoms with van der Waals surface area (Å²) in [5.41, 5.74) is 3.08. The molecule has 5 heteroatoms. The molecule has 20 heavy (non-hydrogen) atoms. The number of methoxy groups -OCH3 is 1. The summed E-state index contributed by atoms with van der Waals surface area (Å²) in [4.78, 5) is 12.1. The summed E-state index contributed by atoms with van der Waals surface area (Å²) in [6, 6.07) is 8.05. The molecule has 0 atom stereocenters. The van der Waals surface area contributed by atoms with Crippen molar-refractivity contribution in [1.82, 2.24) is 15.0 Å². The van der Waals surface area contributed by atoms with Gasteiger partial charge in [0.05, 0.1) is 18.2 Å². The second-order valence-corrected chi connectivity index (χ2v) is 5.46. The first-order chi connectivity index (χ1) is 9.67. The normalized spacial score (nSPS) is 10.9.